The number of nitrogens with one attached hydrogen (secondary N) is 2. The minimum Gasteiger partial charge on any atom is -0.481 e. The standard InChI is InChI=1S/C15H20N2O4/c1-10-6-8-12(9-7-10)11(2)16-15(21)17-13(18)4-3-5-14(19)20/h6-9,11H,3-5H2,1-2H3,(H,19,20)(H2,16,17,18,21). The summed E-state index contributed by atoms with van der Waals surface area (Å²) >= 11 is 0. The first-order valence-electron chi connectivity index (χ1n) is 6.77. The molecule has 0 saturated heterocycles. The van der Waals surface area contributed by atoms with E-state index in [0.717, 1.165) is 11.1 Å². The Morgan fingerprint density at radius 3 is 2.33 bits per heavy atom. The van der Waals surface area contributed by atoms with Crippen LogP contribution in [0.15, 0.2) is 24.3 Å². The molecule has 0 aliphatic rings. The molecule has 0 fully saturated rings. The molecular formula is C15H20N2O4. The van der Waals surface area contributed by atoms with Gasteiger partial charge in [-0.25, -0.2) is 4.79 Å². The summed E-state index contributed by atoms with van der Waals surface area (Å²) in [5.41, 5.74) is 2.07. The number of imide groups is 1. The summed E-state index contributed by atoms with van der Waals surface area (Å²) in [6.07, 6.45) is 0.134. The highest BCUT2D eigenvalue weighted by atomic mass is 16.4. The molecule has 0 aliphatic heterocycles. The van der Waals surface area contributed by atoms with Gasteiger partial charge < -0.3 is 10.4 Å². The van der Waals surface area contributed by atoms with Crippen LogP contribution in [-0.2, 0) is 9.59 Å². The number of urea groups is 1. The average molecular weight is 292 g/mol. The molecule has 0 aliphatic carbocycles. The fourth-order valence-electron chi connectivity index (χ4n) is 1.76. The largest absolute Gasteiger partial charge is 0.481 e. The molecule has 3 amide bonds. The number of aliphatic carboxylic acids is 1. The van der Waals surface area contributed by atoms with Crippen molar-refractivity contribution in [2.24, 2.45) is 0 Å². The molecule has 0 radical (unpaired) electrons. The van der Waals surface area contributed by atoms with E-state index in [0.29, 0.717) is 0 Å². The van der Waals surface area contributed by atoms with Crippen LogP contribution in [0.5, 0.6) is 0 Å². The number of rotatable bonds is 6. The summed E-state index contributed by atoms with van der Waals surface area (Å²) in [4.78, 5) is 33.4. The lowest BCUT2D eigenvalue weighted by molar-refractivity contribution is -0.137. The molecule has 0 bridgehead atoms. The van der Waals surface area contributed by atoms with Crippen LogP contribution in [0.25, 0.3) is 0 Å². The molecule has 1 atom stereocenters. The highest BCUT2D eigenvalue weighted by Crippen LogP contribution is 2.12. The third-order valence-corrected chi connectivity index (χ3v) is 2.97. The second-order valence-electron chi connectivity index (χ2n) is 4.90. The molecule has 114 valence electrons. The number of carboxylic acid groups (broad SMARTS) is 1. The van der Waals surface area contributed by atoms with Gasteiger partial charge in [0.1, 0.15) is 0 Å². The van der Waals surface area contributed by atoms with Crippen molar-refractivity contribution >= 4 is 17.9 Å². The topological polar surface area (TPSA) is 95.5 Å². The second kappa shape index (κ2) is 8.04. The fraction of sp³-hybridized carbons (Fsp3) is 0.400. The maximum atomic E-state index is 11.6. The van der Waals surface area contributed by atoms with Crippen LogP contribution < -0.4 is 10.6 Å². The van der Waals surface area contributed by atoms with Gasteiger partial charge in [-0.2, -0.15) is 0 Å². The Kier molecular flexibility index (Phi) is 6.39. The third-order valence-electron chi connectivity index (χ3n) is 2.97. The zero-order valence-corrected chi connectivity index (χ0v) is 12.2. The Balaban J connectivity index is 2.37. The number of carbonyl (C=O) groups excluding carboxylic acids is 2. The van der Waals surface area contributed by atoms with Crippen LogP contribution in [0.3, 0.4) is 0 Å². The SMILES string of the molecule is Cc1ccc(C(C)NC(=O)NC(=O)CCCC(=O)O)cc1. The second-order valence-corrected chi connectivity index (χ2v) is 4.90. The number of hydrogen-bond acceptors (Lipinski definition) is 3. The highest BCUT2D eigenvalue weighted by molar-refractivity contribution is 5.94. The van der Waals surface area contributed by atoms with Crippen LogP contribution in [0.2, 0.25) is 0 Å². The summed E-state index contributed by atoms with van der Waals surface area (Å²) in [7, 11) is 0. The van der Waals surface area contributed by atoms with Crippen LogP contribution in [-0.4, -0.2) is 23.0 Å². The normalized spacial score (nSPS) is 11.5. The van der Waals surface area contributed by atoms with Crippen molar-refractivity contribution < 1.29 is 19.5 Å². The lowest BCUT2D eigenvalue weighted by Crippen LogP contribution is -2.40. The van der Waals surface area contributed by atoms with Crippen molar-refractivity contribution in [2.75, 3.05) is 0 Å². The molecule has 21 heavy (non-hydrogen) atoms. The number of aryl methyl sites for hydroxylation is 1. The molecule has 1 aromatic carbocycles. The number of carbonyl (C=O) groups is 3. The molecule has 1 aromatic rings. The zero-order chi connectivity index (χ0) is 15.8. The number of amides is 3. The first-order chi connectivity index (χ1) is 9.88. The zero-order valence-electron chi connectivity index (χ0n) is 12.2. The van der Waals surface area contributed by atoms with Crippen LogP contribution in [0.1, 0.15) is 43.4 Å². The van der Waals surface area contributed by atoms with Crippen molar-refractivity contribution in [2.45, 2.75) is 39.2 Å². The Labute approximate surface area is 123 Å². The average Bonchev–Trinajstić information content (AvgIpc) is 2.38. The van der Waals surface area contributed by atoms with Crippen molar-refractivity contribution in [3.8, 4) is 0 Å². The molecule has 6 heteroatoms. The van der Waals surface area contributed by atoms with E-state index in [4.69, 9.17) is 5.11 Å². The van der Waals surface area contributed by atoms with Crippen molar-refractivity contribution in [1.82, 2.24) is 10.6 Å². The molecule has 0 heterocycles. The van der Waals surface area contributed by atoms with Gasteiger partial charge in [0.15, 0.2) is 0 Å². The molecule has 3 N–H and O–H groups in total. The maximum absolute atomic E-state index is 11.6. The van der Waals surface area contributed by atoms with Crippen LogP contribution in [0, 0.1) is 6.92 Å². The lowest BCUT2D eigenvalue weighted by Gasteiger charge is -2.14. The van der Waals surface area contributed by atoms with Crippen molar-refractivity contribution in [3.05, 3.63) is 35.4 Å². The summed E-state index contributed by atoms with van der Waals surface area (Å²) in [5.74, 6) is -1.44. The predicted molar refractivity (Wildman–Crippen MR) is 77.8 cm³/mol. The number of hydrogen-bond donors (Lipinski definition) is 3. The molecule has 0 spiro atoms. The number of carboxylic acids is 1. The van der Waals surface area contributed by atoms with E-state index >= 15 is 0 Å². The van der Waals surface area contributed by atoms with Crippen LogP contribution in [0.4, 0.5) is 4.79 Å². The minimum absolute atomic E-state index is 0.0125. The van der Waals surface area contributed by atoms with Crippen molar-refractivity contribution in [1.29, 1.82) is 0 Å². The monoisotopic (exact) mass is 292 g/mol. The van der Waals surface area contributed by atoms with E-state index in [-0.39, 0.29) is 25.3 Å². The molecular weight excluding hydrogens is 272 g/mol. The summed E-state index contributed by atoms with van der Waals surface area (Å²) in [6, 6.07) is 6.91. The van der Waals surface area contributed by atoms with Gasteiger partial charge in [-0.05, 0) is 25.8 Å². The fourth-order valence-corrected chi connectivity index (χ4v) is 1.76. The Hall–Kier alpha value is -2.37. The van der Waals surface area contributed by atoms with Gasteiger partial charge in [0.25, 0.3) is 0 Å². The first-order valence-corrected chi connectivity index (χ1v) is 6.77. The lowest BCUT2D eigenvalue weighted by atomic mass is 10.1. The van der Waals surface area contributed by atoms with Gasteiger partial charge in [0.2, 0.25) is 5.91 Å². The Bertz CT molecular complexity index is 511. The van der Waals surface area contributed by atoms with E-state index in [1.807, 2.05) is 38.1 Å². The summed E-state index contributed by atoms with van der Waals surface area (Å²) < 4.78 is 0. The van der Waals surface area contributed by atoms with Gasteiger partial charge in [-0.15, -0.1) is 0 Å². The van der Waals surface area contributed by atoms with Gasteiger partial charge in [0.05, 0.1) is 6.04 Å². The molecule has 0 saturated carbocycles. The van der Waals surface area contributed by atoms with E-state index in [1.54, 1.807) is 0 Å². The van der Waals surface area contributed by atoms with Gasteiger partial charge in [0, 0.05) is 12.8 Å². The van der Waals surface area contributed by atoms with E-state index < -0.39 is 17.9 Å². The van der Waals surface area contributed by atoms with Gasteiger partial charge >= 0.3 is 12.0 Å². The van der Waals surface area contributed by atoms with E-state index in [9.17, 15) is 14.4 Å². The summed E-state index contributed by atoms with van der Waals surface area (Å²) in [5, 5.41) is 13.3. The molecule has 6 nitrogen and oxygen atoms in total. The molecule has 1 rings (SSSR count). The Morgan fingerprint density at radius 2 is 1.76 bits per heavy atom. The predicted octanol–water partition coefficient (Wildman–Crippen LogP) is 2.14. The van der Waals surface area contributed by atoms with E-state index in [1.165, 1.54) is 0 Å². The van der Waals surface area contributed by atoms with Crippen LogP contribution >= 0.6 is 0 Å². The van der Waals surface area contributed by atoms with Gasteiger partial charge in [-0.3, -0.25) is 14.9 Å². The Morgan fingerprint density at radius 1 is 1.14 bits per heavy atom. The quantitative estimate of drug-likeness (QED) is 0.748. The first kappa shape index (κ1) is 16.7. The highest BCUT2D eigenvalue weighted by Gasteiger charge is 2.12. The van der Waals surface area contributed by atoms with Crippen molar-refractivity contribution in [3.63, 3.8) is 0 Å². The summed E-state index contributed by atoms with van der Waals surface area (Å²) in [6.45, 7) is 3.80. The minimum atomic E-state index is -0.958. The van der Waals surface area contributed by atoms with Gasteiger partial charge in [-0.1, -0.05) is 29.8 Å². The maximum Gasteiger partial charge on any atom is 0.321 e. The molecule has 0 aromatic heterocycles. The number of benzene rings is 1. The van der Waals surface area contributed by atoms with E-state index in [2.05, 4.69) is 10.6 Å². The smallest absolute Gasteiger partial charge is 0.321 e. The molecule has 1 unspecified atom stereocenters. The third kappa shape index (κ3) is 6.56.